The van der Waals surface area contributed by atoms with Crippen molar-refractivity contribution in [3.8, 4) is 5.75 Å². The van der Waals surface area contributed by atoms with Crippen LogP contribution >= 0.6 is 11.6 Å². The number of hydrogen-bond acceptors (Lipinski definition) is 5. The van der Waals surface area contributed by atoms with Crippen molar-refractivity contribution >= 4 is 39.1 Å². The van der Waals surface area contributed by atoms with E-state index in [1.165, 1.54) is 11.4 Å². The standard InChI is InChI=1S/C24H32ClN3O5S/c1-5-22(24(30)26-2)27(17-18-11-13-21(33-3)14-12-18)23(29)10-7-15-28(34(4,31)32)20-9-6-8-19(25)16-20/h6,8-9,11-14,16,22H,5,7,10,15,17H2,1-4H3,(H,26,30)/t22-/m1/s1. The summed E-state index contributed by atoms with van der Waals surface area (Å²) in [4.78, 5) is 27.3. The third-order valence-corrected chi connectivity index (χ3v) is 6.82. The summed E-state index contributed by atoms with van der Waals surface area (Å²) >= 11 is 6.03. The van der Waals surface area contributed by atoms with Gasteiger partial charge < -0.3 is 15.0 Å². The maximum Gasteiger partial charge on any atom is 0.242 e. The number of methoxy groups -OCH3 is 1. The number of nitrogens with zero attached hydrogens (tertiary/aromatic N) is 2. The van der Waals surface area contributed by atoms with E-state index >= 15 is 0 Å². The molecule has 186 valence electrons. The Balaban J connectivity index is 2.18. The van der Waals surface area contributed by atoms with Crippen LogP contribution in [-0.2, 0) is 26.2 Å². The van der Waals surface area contributed by atoms with Crippen molar-refractivity contribution in [2.24, 2.45) is 0 Å². The summed E-state index contributed by atoms with van der Waals surface area (Å²) in [5.41, 5.74) is 1.29. The smallest absolute Gasteiger partial charge is 0.242 e. The highest BCUT2D eigenvalue weighted by Crippen LogP contribution is 2.23. The van der Waals surface area contributed by atoms with Crippen molar-refractivity contribution in [1.82, 2.24) is 10.2 Å². The Bertz CT molecular complexity index is 1080. The van der Waals surface area contributed by atoms with Gasteiger partial charge in [-0.3, -0.25) is 13.9 Å². The molecule has 0 radical (unpaired) electrons. The summed E-state index contributed by atoms with van der Waals surface area (Å²) in [5, 5.41) is 3.04. The number of ether oxygens (including phenoxy) is 1. The van der Waals surface area contributed by atoms with Gasteiger partial charge >= 0.3 is 0 Å². The summed E-state index contributed by atoms with van der Waals surface area (Å²) in [7, 11) is -0.459. The first-order valence-corrected chi connectivity index (χ1v) is 13.2. The zero-order valence-electron chi connectivity index (χ0n) is 20.0. The van der Waals surface area contributed by atoms with Crippen molar-refractivity contribution in [1.29, 1.82) is 0 Å². The number of benzene rings is 2. The molecule has 1 atom stereocenters. The van der Waals surface area contributed by atoms with Crippen LogP contribution in [0.25, 0.3) is 0 Å². The normalized spacial score (nSPS) is 12.0. The molecule has 0 saturated heterocycles. The van der Waals surface area contributed by atoms with E-state index in [1.54, 1.807) is 48.4 Å². The van der Waals surface area contributed by atoms with Crippen LogP contribution in [0.3, 0.4) is 0 Å². The average molecular weight is 510 g/mol. The summed E-state index contributed by atoms with van der Waals surface area (Å²) in [6.45, 7) is 2.20. The summed E-state index contributed by atoms with van der Waals surface area (Å²) in [5.74, 6) is 0.216. The highest BCUT2D eigenvalue weighted by molar-refractivity contribution is 7.92. The van der Waals surface area contributed by atoms with Crippen molar-refractivity contribution < 1.29 is 22.7 Å². The van der Waals surface area contributed by atoms with E-state index in [0.29, 0.717) is 22.9 Å². The second kappa shape index (κ2) is 12.6. The van der Waals surface area contributed by atoms with Gasteiger partial charge in [0, 0.05) is 31.6 Å². The molecule has 2 aromatic rings. The molecule has 2 rings (SSSR count). The van der Waals surface area contributed by atoms with Gasteiger partial charge in [-0.15, -0.1) is 0 Å². The van der Waals surface area contributed by atoms with Gasteiger partial charge in [-0.05, 0) is 48.7 Å². The average Bonchev–Trinajstić information content (AvgIpc) is 2.80. The van der Waals surface area contributed by atoms with E-state index in [2.05, 4.69) is 5.32 Å². The first-order chi connectivity index (χ1) is 16.1. The molecule has 0 unspecified atom stereocenters. The van der Waals surface area contributed by atoms with E-state index in [9.17, 15) is 18.0 Å². The van der Waals surface area contributed by atoms with Crippen LogP contribution in [0.15, 0.2) is 48.5 Å². The van der Waals surface area contributed by atoms with E-state index in [0.717, 1.165) is 11.8 Å². The molecule has 0 spiro atoms. The molecule has 0 aliphatic carbocycles. The number of carbonyl (C=O) groups excluding carboxylic acids is 2. The number of sulfonamides is 1. The zero-order chi connectivity index (χ0) is 25.3. The Morgan fingerprint density at radius 2 is 1.82 bits per heavy atom. The first kappa shape index (κ1) is 27.5. The largest absolute Gasteiger partial charge is 0.497 e. The number of carbonyl (C=O) groups is 2. The molecule has 8 nitrogen and oxygen atoms in total. The topological polar surface area (TPSA) is 96.0 Å². The molecule has 0 aliphatic heterocycles. The van der Waals surface area contributed by atoms with Crippen LogP contribution in [0.2, 0.25) is 5.02 Å². The summed E-state index contributed by atoms with van der Waals surface area (Å²) in [6, 6.07) is 13.2. The molecule has 34 heavy (non-hydrogen) atoms. The Morgan fingerprint density at radius 1 is 1.15 bits per heavy atom. The van der Waals surface area contributed by atoms with Gasteiger partial charge in [-0.25, -0.2) is 8.42 Å². The molecule has 2 amide bonds. The van der Waals surface area contributed by atoms with Gasteiger partial charge in [0.25, 0.3) is 0 Å². The van der Waals surface area contributed by atoms with Gasteiger partial charge in [0.2, 0.25) is 21.8 Å². The van der Waals surface area contributed by atoms with Crippen LogP contribution in [0, 0.1) is 0 Å². The minimum Gasteiger partial charge on any atom is -0.497 e. The van der Waals surface area contributed by atoms with Gasteiger partial charge in [0.1, 0.15) is 11.8 Å². The Hall–Kier alpha value is -2.78. The van der Waals surface area contributed by atoms with Crippen LogP contribution in [-0.4, -0.2) is 58.1 Å². The fraction of sp³-hybridized carbons (Fsp3) is 0.417. The minimum absolute atomic E-state index is 0.0796. The summed E-state index contributed by atoms with van der Waals surface area (Å²) < 4.78 is 31.1. The molecule has 0 aliphatic rings. The lowest BCUT2D eigenvalue weighted by molar-refractivity contribution is -0.141. The molecule has 0 saturated carbocycles. The molecule has 0 heterocycles. The molecular formula is C24H32ClN3O5S. The molecule has 2 aromatic carbocycles. The van der Waals surface area contributed by atoms with Gasteiger partial charge in [0.15, 0.2) is 0 Å². The second-order valence-electron chi connectivity index (χ2n) is 7.83. The number of hydrogen-bond donors (Lipinski definition) is 1. The van der Waals surface area contributed by atoms with Crippen LogP contribution in [0.5, 0.6) is 5.75 Å². The van der Waals surface area contributed by atoms with Crippen LogP contribution in [0.1, 0.15) is 31.7 Å². The highest BCUT2D eigenvalue weighted by atomic mass is 35.5. The highest BCUT2D eigenvalue weighted by Gasteiger charge is 2.28. The minimum atomic E-state index is -3.57. The SMILES string of the molecule is CC[C@H](C(=O)NC)N(Cc1ccc(OC)cc1)C(=O)CCCN(c1cccc(Cl)c1)S(C)(=O)=O. The Kier molecular flexibility index (Phi) is 10.2. The van der Waals surface area contributed by atoms with Crippen molar-refractivity contribution in [3.05, 3.63) is 59.1 Å². The van der Waals surface area contributed by atoms with E-state index in [-0.39, 0.29) is 37.7 Å². The fourth-order valence-electron chi connectivity index (χ4n) is 3.65. The molecule has 1 N–H and O–H groups in total. The molecule has 10 heteroatoms. The number of anilines is 1. The first-order valence-electron chi connectivity index (χ1n) is 11.0. The van der Waals surface area contributed by atoms with E-state index in [4.69, 9.17) is 16.3 Å². The predicted molar refractivity (Wildman–Crippen MR) is 135 cm³/mol. The number of halogens is 1. The third-order valence-electron chi connectivity index (χ3n) is 5.39. The second-order valence-corrected chi connectivity index (χ2v) is 10.2. The van der Waals surface area contributed by atoms with Gasteiger partial charge in [-0.2, -0.15) is 0 Å². The van der Waals surface area contributed by atoms with Crippen molar-refractivity contribution in [2.75, 3.05) is 31.3 Å². The number of likely N-dealkylation sites (N-methyl/N-ethyl adjacent to an activating group) is 1. The predicted octanol–water partition coefficient (Wildman–Crippen LogP) is 3.45. The Labute approximate surface area is 206 Å². The number of nitrogens with one attached hydrogen (secondary N) is 1. The quantitative estimate of drug-likeness (QED) is 0.472. The maximum atomic E-state index is 13.2. The number of amides is 2. The molecular weight excluding hydrogens is 478 g/mol. The zero-order valence-corrected chi connectivity index (χ0v) is 21.5. The lowest BCUT2D eigenvalue weighted by Gasteiger charge is -2.31. The summed E-state index contributed by atoms with van der Waals surface area (Å²) in [6.07, 6.45) is 1.92. The number of rotatable bonds is 12. The van der Waals surface area contributed by atoms with Crippen molar-refractivity contribution in [2.45, 2.75) is 38.8 Å². The van der Waals surface area contributed by atoms with Crippen LogP contribution in [0.4, 0.5) is 5.69 Å². The third kappa shape index (κ3) is 7.63. The van der Waals surface area contributed by atoms with Crippen molar-refractivity contribution in [3.63, 3.8) is 0 Å². The Morgan fingerprint density at radius 3 is 2.35 bits per heavy atom. The molecule has 0 fully saturated rings. The maximum absolute atomic E-state index is 13.2. The van der Waals surface area contributed by atoms with Gasteiger partial charge in [0.05, 0.1) is 19.1 Å². The lowest BCUT2D eigenvalue weighted by atomic mass is 10.1. The molecule has 0 bridgehead atoms. The molecule has 0 aromatic heterocycles. The van der Waals surface area contributed by atoms with E-state index in [1.807, 2.05) is 19.1 Å². The van der Waals surface area contributed by atoms with E-state index < -0.39 is 16.1 Å². The monoisotopic (exact) mass is 509 g/mol. The van der Waals surface area contributed by atoms with Crippen LogP contribution < -0.4 is 14.4 Å². The van der Waals surface area contributed by atoms with Gasteiger partial charge in [-0.1, -0.05) is 36.7 Å². The lowest BCUT2D eigenvalue weighted by Crippen LogP contribution is -2.48. The fourth-order valence-corrected chi connectivity index (χ4v) is 4.79.